The first kappa shape index (κ1) is 9.34. The Morgan fingerprint density at radius 3 is 3.14 bits per heavy atom. The summed E-state index contributed by atoms with van der Waals surface area (Å²) in [6.45, 7) is 0. The third kappa shape index (κ3) is 1.55. The van der Waals surface area contributed by atoms with Crippen LogP contribution in [0.5, 0.6) is 0 Å². The van der Waals surface area contributed by atoms with Crippen molar-refractivity contribution in [1.29, 1.82) is 0 Å². The fourth-order valence-electron chi connectivity index (χ4n) is 1.42. The summed E-state index contributed by atoms with van der Waals surface area (Å²) in [5, 5.41) is 0. The molecule has 2 rings (SSSR count). The second-order valence-corrected chi connectivity index (χ2v) is 3.96. The lowest BCUT2D eigenvalue weighted by atomic mass is 10.1. The highest BCUT2D eigenvalue weighted by Crippen LogP contribution is 2.31. The lowest BCUT2D eigenvalue weighted by molar-refractivity contribution is 0.0596. The van der Waals surface area contributed by atoms with E-state index in [2.05, 4.69) is 6.08 Å². The van der Waals surface area contributed by atoms with Crippen LogP contribution in [0.3, 0.4) is 0 Å². The molecule has 1 aromatic rings. The number of carbonyl (C=O) groups excluding carboxylic acids is 1. The number of carbonyl (C=O) groups is 1. The maximum Gasteiger partial charge on any atom is 0.339 e. The molecule has 72 valence electrons. The zero-order valence-electron chi connectivity index (χ0n) is 7.82. The highest BCUT2D eigenvalue weighted by atomic mass is 32.2. The van der Waals surface area contributed by atoms with E-state index in [1.807, 2.05) is 18.2 Å². The van der Waals surface area contributed by atoms with Gasteiger partial charge in [0.05, 0.1) is 12.7 Å². The van der Waals surface area contributed by atoms with E-state index in [4.69, 9.17) is 4.74 Å². The van der Waals surface area contributed by atoms with Gasteiger partial charge in [-0.3, -0.25) is 0 Å². The standard InChI is InChI=1S/C11H10O2S/c1-13-11(12)9-6-2-4-8-5-3-7-14-10(8)9/h2-6H,7H2,1H3. The first-order chi connectivity index (χ1) is 6.83. The third-order valence-electron chi connectivity index (χ3n) is 2.07. The quantitative estimate of drug-likeness (QED) is 0.661. The van der Waals surface area contributed by atoms with Crippen LogP contribution in [0.2, 0.25) is 0 Å². The molecule has 0 aromatic heterocycles. The Hall–Kier alpha value is -1.22. The fraction of sp³-hybridized carbons (Fsp3) is 0.182. The summed E-state index contributed by atoms with van der Waals surface area (Å²) in [4.78, 5) is 12.5. The van der Waals surface area contributed by atoms with Crippen molar-refractivity contribution in [1.82, 2.24) is 0 Å². The molecular weight excluding hydrogens is 196 g/mol. The average Bonchev–Trinajstić information content (AvgIpc) is 2.27. The number of hydrogen-bond donors (Lipinski definition) is 0. The molecule has 1 heterocycles. The fourth-order valence-corrected chi connectivity index (χ4v) is 2.39. The van der Waals surface area contributed by atoms with Crippen LogP contribution in [0.15, 0.2) is 29.2 Å². The number of methoxy groups -OCH3 is 1. The Kier molecular flexibility index (Phi) is 2.59. The van der Waals surface area contributed by atoms with Gasteiger partial charge in [0.15, 0.2) is 0 Å². The van der Waals surface area contributed by atoms with E-state index in [0.29, 0.717) is 5.56 Å². The zero-order chi connectivity index (χ0) is 9.97. The topological polar surface area (TPSA) is 26.3 Å². The molecule has 14 heavy (non-hydrogen) atoms. The maximum absolute atomic E-state index is 11.4. The van der Waals surface area contributed by atoms with Gasteiger partial charge < -0.3 is 4.74 Å². The third-order valence-corrected chi connectivity index (χ3v) is 3.18. The Bertz CT molecular complexity index is 396. The van der Waals surface area contributed by atoms with Gasteiger partial charge in [-0.1, -0.05) is 24.3 Å². The molecule has 1 aliphatic rings. The van der Waals surface area contributed by atoms with Crippen LogP contribution in [-0.2, 0) is 4.74 Å². The number of fused-ring (bicyclic) bond motifs is 1. The Labute approximate surface area is 87.0 Å². The van der Waals surface area contributed by atoms with Gasteiger partial charge in [-0.05, 0) is 11.6 Å². The molecule has 0 saturated carbocycles. The summed E-state index contributed by atoms with van der Waals surface area (Å²) < 4.78 is 4.73. The van der Waals surface area contributed by atoms with Gasteiger partial charge in [0.1, 0.15) is 0 Å². The minimum Gasteiger partial charge on any atom is -0.465 e. The molecule has 0 saturated heterocycles. The monoisotopic (exact) mass is 206 g/mol. The van der Waals surface area contributed by atoms with Crippen LogP contribution in [0.4, 0.5) is 0 Å². The smallest absolute Gasteiger partial charge is 0.339 e. The summed E-state index contributed by atoms with van der Waals surface area (Å²) in [6.07, 6.45) is 4.13. The molecule has 0 N–H and O–H groups in total. The van der Waals surface area contributed by atoms with Gasteiger partial charge >= 0.3 is 5.97 Å². The second-order valence-electron chi connectivity index (χ2n) is 2.93. The molecule has 0 fully saturated rings. The van der Waals surface area contributed by atoms with Crippen LogP contribution >= 0.6 is 11.8 Å². The number of ether oxygens (including phenoxy) is 1. The highest BCUT2D eigenvalue weighted by Gasteiger charge is 2.15. The van der Waals surface area contributed by atoms with Gasteiger partial charge in [-0.25, -0.2) is 4.79 Å². The predicted molar refractivity (Wildman–Crippen MR) is 57.5 cm³/mol. The molecule has 0 amide bonds. The van der Waals surface area contributed by atoms with Crippen molar-refractivity contribution >= 4 is 23.8 Å². The van der Waals surface area contributed by atoms with Crippen molar-refractivity contribution in [3.8, 4) is 0 Å². The van der Waals surface area contributed by atoms with Gasteiger partial charge in [0.2, 0.25) is 0 Å². The van der Waals surface area contributed by atoms with E-state index < -0.39 is 0 Å². The zero-order valence-corrected chi connectivity index (χ0v) is 8.64. The van der Waals surface area contributed by atoms with E-state index in [1.54, 1.807) is 17.8 Å². The Morgan fingerprint density at radius 1 is 1.50 bits per heavy atom. The number of hydrogen-bond acceptors (Lipinski definition) is 3. The summed E-state index contributed by atoms with van der Waals surface area (Å²) in [6, 6.07) is 5.68. The van der Waals surface area contributed by atoms with E-state index in [1.165, 1.54) is 7.11 Å². The summed E-state index contributed by atoms with van der Waals surface area (Å²) in [5.41, 5.74) is 1.77. The maximum atomic E-state index is 11.4. The lowest BCUT2D eigenvalue weighted by Gasteiger charge is -2.12. The van der Waals surface area contributed by atoms with Crippen molar-refractivity contribution in [3.05, 3.63) is 35.4 Å². The van der Waals surface area contributed by atoms with Gasteiger partial charge in [-0.2, -0.15) is 0 Å². The molecule has 3 heteroatoms. The molecular formula is C11H10O2S. The Morgan fingerprint density at radius 2 is 2.36 bits per heavy atom. The minimum absolute atomic E-state index is 0.260. The second kappa shape index (κ2) is 3.88. The summed E-state index contributed by atoms with van der Waals surface area (Å²) in [7, 11) is 1.41. The number of esters is 1. The molecule has 1 aromatic carbocycles. The normalized spacial score (nSPS) is 13.5. The number of benzene rings is 1. The Balaban J connectivity index is 2.51. The lowest BCUT2D eigenvalue weighted by Crippen LogP contribution is -2.05. The molecule has 0 radical (unpaired) electrons. The van der Waals surface area contributed by atoms with Crippen LogP contribution in [-0.4, -0.2) is 18.8 Å². The van der Waals surface area contributed by atoms with Crippen molar-refractivity contribution in [2.75, 3.05) is 12.9 Å². The largest absolute Gasteiger partial charge is 0.465 e. The van der Waals surface area contributed by atoms with Gasteiger partial charge in [0.25, 0.3) is 0 Å². The molecule has 0 unspecified atom stereocenters. The number of thioether (sulfide) groups is 1. The van der Waals surface area contributed by atoms with Gasteiger partial charge in [0, 0.05) is 10.6 Å². The first-order valence-corrected chi connectivity index (χ1v) is 5.32. The van der Waals surface area contributed by atoms with Crippen molar-refractivity contribution in [3.63, 3.8) is 0 Å². The highest BCUT2D eigenvalue weighted by molar-refractivity contribution is 7.99. The van der Waals surface area contributed by atoms with Crippen LogP contribution in [0.25, 0.3) is 6.08 Å². The minimum atomic E-state index is -0.260. The molecule has 2 nitrogen and oxygen atoms in total. The molecule has 0 aliphatic carbocycles. The van der Waals surface area contributed by atoms with Gasteiger partial charge in [-0.15, -0.1) is 11.8 Å². The van der Waals surface area contributed by atoms with E-state index in [-0.39, 0.29) is 5.97 Å². The molecule has 0 spiro atoms. The SMILES string of the molecule is COC(=O)c1cccc2c1SCC=C2. The first-order valence-electron chi connectivity index (χ1n) is 4.33. The number of rotatable bonds is 1. The molecule has 0 bridgehead atoms. The van der Waals surface area contributed by atoms with E-state index in [0.717, 1.165) is 16.2 Å². The summed E-state index contributed by atoms with van der Waals surface area (Å²) in [5.74, 6) is 0.658. The van der Waals surface area contributed by atoms with Crippen LogP contribution in [0.1, 0.15) is 15.9 Å². The van der Waals surface area contributed by atoms with Crippen molar-refractivity contribution in [2.24, 2.45) is 0 Å². The average molecular weight is 206 g/mol. The van der Waals surface area contributed by atoms with Crippen molar-refractivity contribution < 1.29 is 9.53 Å². The van der Waals surface area contributed by atoms with Crippen LogP contribution in [0, 0.1) is 0 Å². The van der Waals surface area contributed by atoms with E-state index >= 15 is 0 Å². The van der Waals surface area contributed by atoms with Crippen molar-refractivity contribution in [2.45, 2.75) is 4.90 Å². The summed E-state index contributed by atoms with van der Waals surface area (Å²) >= 11 is 1.67. The molecule has 0 atom stereocenters. The van der Waals surface area contributed by atoms with E-state index in [9.17, 15) is 4.79 Å². The molecule has 1 aliphatic heterocycles. The predicted octanol–water partition coefficient (Wildman–Crippen LogP) is 2.59. The van der Waals surface area contributed by atoms with Crippen LogP contribution < -0.4 is 0 Å².